The average molecular weight is 499 g/mol. The molecular formula is C20H21BrClN3O3S. The Bertz CT molecular complexity index is 1040. The molecule has 1 saturated heterocycles. The summed E-state index contributed by atoms with van der Waals surface area (Å²) < 4.78 is 28.2. The van der Waals surface area contributed by atoms with Crippen molar-refractivity contribution in [3.63, 3.8) is 0 Å². The summed E-state index contributed by atoms with van der Waals surface area (Å²) in [6.07, 6.45) is 1.72. The van der Waals surface area contributed by atoms with E-state index in [1.54, 1.807) is 11.0 Å². The van der Waals surface area contributed by atoms with Crippen LogP contribution in [0.5, 0.6) is 0 Å². The van der Waals surface area contributed by atoms with Crippen LogP contribution in [0.15, 0.2) is 51.8 Å². The fraction of sp³-hybridized carbons (Fsp3) is 0.350. The number of hydrogen-bond donors (Lipinski definition) is 1. The monoisotopic (exact) mass is 497 g/mol. The van der Waals surface area contributed by atoms with Crippen LogP contribution >= 0.6 is 27.5 Å². The van der Waals surface area contributed by atoms with Crippen LogP contribution in [0.4, 0.5) is 5.69 Å². The van der Waals surface area contributed by atoms with Crippen LogP contribution in [-0.2, 0) is 10.0 Å². The van der Waals surface area contributed by atoms with Gasteiger partial charge in [-0.3, -0.25) is 4.79 Å². The summed E-state index contributed by atoms with van der Waals surface area (Å²) >= 11 is 9.47. The average Bonchev–Trinajstić information content (AvgIpc) is 3.51. The summed E-state index contributed by atoms with van der Waals surface area (Å²) in [6.45, 7) is 2.47. The largest absolute Gasteiger partial charge is 0.368 e. The maximum Gasteiger partial charge on any atom is 0.255 e. The van der Waals surface area contributed by atoms with Gasteiger partial charge in [-0.05, 0) is 65.2 Å². The molecular weight excluding hydrogens is 478 g/mol. The van der Waals surface area contributed by atoms with E-state index in [4.69, 9.17) is 11.6 Å². The van der Waals surface area contributed by atoms with E-state index in [1.807, 2.05) is 24.3 Å². The van der Waals surface area contributed by atoms with Gasteiger partial charge in [-0.1, -0.05) is 17.7 Å². The molecule has 0 aromatic heterocycles. The molecule has 29 heavy (non-hydrogen) atoms. The van der Waals surface area contributed by atoms with Crippen molar-refractivity contribution in [2.45, 2.75) is 23.8 Å². The molecule has 1 aliphatic heterocycles. The predicted molar refractivity (Wildman–Crippen MR) is 117 cm³/mol. The Morgan fingerprint density at radius 2 is 1.79 bits per heavy atom. The Morgan fingerprint density at radius 1 is 1.07 bits per heavy atom. The summed E-state index contributed by atoms with van der Waals surface area (Å²) in [5.41, 5.74) is 1.39. The molecule has 0 spiro atoms. The van der Waals surface area contributed by atoms with Crippen molar-refractivity contribution in [3.05, 3.63) is 57.5 Å². The molecule has 9 heteroatoms. The molecule has 6 nitrogen and oxygen atoms in total. The first-order valence-corrected chi connectivity index (χ1v) is 12.1. The molecule has 2 fully saturated rings. The number of nitrogens with zero attached hydrogens (tertiary/aromatic N) is 2. The van der Waals surface area contributed by atoms with Gasteiger partial charge in [0.05, 0.1) is 10.5 Å². The van der Waals surface area contributed by atoms with Crippen LogP contribution in [-0.4, -0.2) is 51.4 Å². The number of piperazine rings is 1. The second-order valence-electron chi connectivity index (χ2n) is 7.30. The van der Waals surface area contributed by atoms with Gasteiger partial charge in [-0.15, -0.1) is 0 Å². The molecule has 1 saturated carbocycles. The molecule has 4 rings (SSSR count). The number of anilines is 1. The van der Waals surface area contributed by atoms with E-state index in [1.165, 1.54) is 12.1 Å². The lowest BCUT2D eigenvalue weighted by Crippen LogP contribution is -2.48. The molecule has 0 radical (unpaired) electrons. The smallest absolute Gasteiger partial charge is 0.255 e. The Morgan fingerprint density at radius 3 is 2.45 bits per heavy atom. The molecule has 1 heterocycles. The van der Waals surface area contributed by atoms with Gasteiger partial charge in [0.15, 0.2) is 0 Å². The summed E-state index contributed by atoms with van der Waals surface area (Å²) in [5, 5.41) is 0.683. The second kappa shape index (κ2) is 8.26. The van der Waals surface area contributed by atoms with E-state index in [-0.39, 0.29) is 16.8 Å². The van der Waals surface area contributed by atoms with Crippen molar-refractivity contribution in [1.82, 2.24) is 9.62 Å². The highest BCUT2D eigenvalue weighted by Crippen LogP contribution is 2.27. The quantitative estimate of drug-likeness (QED) is 0.685. The molecule has 0 unspecified atom stereocenters. The van der Waals surface area contributed by atoms with E-state index < -0.39 is 10.0 Å². The first-order valence-electron chi connectivity index (χ1n) is 9.45. The maximum atomic E-state index is 13.1. The third kappa shape index (κ3) is 4.77. The lowest BCUT2D eigenvalue weighted by molar-refractivity contribution is 0.0745. The number of sulfonamides is 1. The molecule has 154 valence electrons. The Balaban J connectivity index is 1.48. The van der Waals surface area contributed by atoms with Crippen molar-refractivity contribution >= 4 is 49.1 Å². The SMILES string of the molecule is O=C(c1cc(S(=O)(=O)NC2CC2)ccc1Br)N1CCN(c2cccc(Cl)c2)CC1. The molecule has 1 amide bonds. The number of amides is 1. The number of nitrogens with one attached hydrogen (secondary N) is 1. The molecule has 2 aromatic rings. The third-order valence-electron chi connectivity index (χ3n) is 5.12. The second-order valence-corrected chi connectivity index (χ2v) is 10.3. The first kappa shape index (κ1) is 20.7. The molecule has 1 aliphatic carbocycles. The number of rotatable bonds is 5. The Labute approximate surface area is 184 Å². The Hall–Kier alpha value is -1.61. The summed E-state index contributed by atoms with van der Waals surface area (Å²) in [5.74, 6) is -0.175. The number of carbonyl (C=O) groups excluding carboxylic acids is 1. The van der Waals surface area contributed by atoms with Crippen molar-refractivity contribution in [3.8, 4) is 0 Å². The highest BCUT2D eigenvalue weighted by Gasteiger charge is 2.30. The fourth-order valence-corrected chi connectivity index (χ4v) is 5.27. The summed E-state index contributed by atoms with van der Waals surface area (Å²) in [7, 11) is -3.61. The minimum atomic E-state index is -3.61. The van der Waals surface area contributed by atoms with Crippen LogP contribution in [0.1, 0.15) is 23.2 Å². The highest BCUT2D eigenvalue weighted by molar-refractivity contribution is 9.10. The maximum absolute atomic E-state index is 13.1. The molecule has 0 atom stereocenters. The fourth-order valence-electron chi connectivity index (χ4n) is 3.33. The van der Waals surface area contributed by atoms with Crippen molar-refractivity contribution in [1.29, 1.82) is 0 Å². The van der Waals surface area contributed by atoms with Gasteiger partial charge >= 0.3 is 0 Å². The zero-order valence-electron chi connectivity index (χ0n) is 15.6. The zero-order chi connectivity index (χ0) is 20.6. The van der Waals surface area contributed by atoms with E-state index >= 15 is 0 Å². The highest BCUT2D eigenvalue weighted by atomic mass is 79.9. The topological polar surface area (TPSA) is 69.7 Å². The molecule has 2 aliphatic rings. The van der Waals surface area contributed by atoms with E-state index in [0.29, 0.717) is 41.2 Å². The van der Waals surface area contributed by atoms with Crippen LogP contribution in [0.3, 0.4) is 0 Å². The van der Waals surface area contributed by atoms with E-state index in [2.05, 4.69) is 25.6 Å². The van der Waals surface area contributed by atoms with Crippen LogP contribution in [0.25, 0.3) is 0 Å². The lowest BCUT2D eigenvalue weighted by Gasteiger charge is -2.36. The summed E-state index contributed by atoms with van der Waals surface area (Å²) in [6, 6.07) is 12.3. The van der Waals surface area contributed by atoms with E-state index in [9.17, 15) is 13.2 Å². The van der Waals surface area contributed by atoms with E-state index in [0.717, 1.165) is 18.5 Å². The number of halogens is 2. The van der Waals surface area contributed by atoms with Crippen molar-refractivity contribution < 1.29 is 13.2 Å². The van der Waals surface area contributed by atoms with Gasteiger partial charge in [-0.25, -0.2) is 13.1 Å². The molecule has 2 aromatic carbocycles. The van der Waals surface area contributed by atoms with Crippen molar-refractivity contribution in [2.24, 2.45) is 0 Å². The minimum absolute atomic E-state index is 0.0161. The molecule has 1 N–H and O–H groups in total. The van der Waals surface area contributed by atoms with Crippen LogP contribution in [0.2, 0.25) is 5.02 Å². The predicted octanol–water partition coefficient (Wildman–Crippen LogP) is 3.51. The Kier molecular flexibility index (Phi) is 5.88. The minimum Gasteiger partial charge on any atom is -0.368 e. The number of benzene rings is 2. The van der Waals surface area contributed by atoms with Crippen LogP contribution < -0.4 is 9.62 Å². The van der Waals surface area contributed by atoms with Crippen molar-refractivity contribution in [2.75, 3.05) is 31.1 Å². The normalized spacial score (nSPS) is 17.4. The van der Waals surface area contributed by atoms with Crippen LogP contribution in [0, 0.1) is 0 Å². The zero-order valence-corrected chi connectivity index (χ0v) is 18.8. The van der Waals surface area contributed by atoms with Gasteiger partial charge in [0.25, 0.3) is 5.91 Å². The van der Waals surface area contributed by atoms with Gasteiger partial charge in [0.2, 0.25) is 10.0 Å². The standard InChI is InChI=1S/C20H21BrClN3O3S/c21-19-7-6-17(29(27,28)23-15-4-5-15)13-18(19)20(26)25-10-8-24(9-11-25)16-3-1-2-14(22)12-16/h1-3,6-7,12-13,15,23H,4-5,8-11H2. The lowest BCUT2D eigenvalue weighted by atomic mass is 10.1. The molecule has 0 bridgehead atoms. The summed E-state index contributed by atoms with van der Waals surface area (Å²) in [4.78, 5) is 17.1. The number of hydrogen-bond acceptors (Lipinski definition) is 4. The van der Waals surface area contributed by atoms with Gasteiger partial charge < -0.3 is 9.80 Å². The number of carbonyl (C=O) groups is 1. The first-order chi connectivity index (χ1) is 13.8. The third-order valence-corrected chi connectivity index (χ3v) is 7.56. The van der Waals surface area contributed by atoms with Gasteiger partial charge in [-0.2, -0.15) is 0 Å². The van der Waals surface area contributed by atoms with Gasteiger partial charge in [0, 0.05) is 47.4 Å². The van der Waals surface area contributed by atoms with Gasteiger partial charge in [0.1, 0.15) is 0 Å².